The van der Waals surface area contributed by atoms with Gasteiger partial charge in [-0.3, -0.25) is 20.2 Å². The zero-order valence-corrected chi connectivity index (χ0v) is 11.9. The number of likely N-dealkylation sites (tertiary alicyclic amines) is 1. The minimum atomic E-state index is -0.678. The summed E-state index contributed by atoms with van der Waals surface area (Å²) in [5.74, 6) is 1.51. The fourth-order valence-electron chi connectivity index (χ4n) is 2.29. The smallest absolute Gasteiger partial charge is 0.324 e. The number of urea groups is 1. The first-order valence-corrected chi connectivity index (χ1v) is 6.88. The Morgan fingerprint density at radius 1 is 1.27 bits per heavy atom. The average Bonchev–Trinajstić information content (AvgIpc) is 2.54. The highest BCUT2D eigenvalue weighted by Gasteiger charge is 2.21. The molecule has 1 saturated heterocycles. The van der Waals surface area contributed by atoms with Gasteiger partial charge >= 0.3 is 6.03 Å². The molecule has 1 aliphatic heterocycles. The van der Waals surface area contributed by atoms with Crippen molar-refractivity contribution in [2.45, 2.75) is 19.3 Å². The van der Waals surface area contributed by atoms with E-state index in [2.05, 4.69) is 11.2 Å². The molecule has 0 bridgehead atoms. The van der Waals surface area contributed by atoms with E-state index < -0.39 is 16.9 Å². The van der Waals surface area contributed by atoms with Crippen LogP contribution in [0.2, 0.25) is 0 Å². The van der Waals surface area contributed by atoms with E-state index in [1.807, 2.05) is 0 Å². The Labute approximate surface area is 127 Å². The number of nitrogens with zero attached hydrogens (tertiary/aromatic N) is 2. The second kappa shape index (κ2) is 6.72. The summed E-state index contributed by atoms with van der Waals surface area (Å²) in [6, 6.07) is 3.28. The van der Waals surface area contributed by atoms with E-state index in [4.69, 9.17) is 6.42 Å². The third-order valence-corrected chi connectivity index (χ3v) is 3.48. The van der Waals surface area contributed by atoms with Crippen molar-refractivity contribution < 1.29 is 14.5 Å². The SMILES string of the molecule is C#Cc1ccc(C(=O)NC(=O)N2CCCCC2)cc1[N+](=O)[O-]. The summed E-state index contributed by atoms with van der Waals surface area (Å²) >= 11 is 0. The van der Waals surface area contributed by atoms with Crippen LogP contribution in [-0.2, 0) is 0 Å². The highest BCUT2D eigenvalue weighted by Crippen LogP contribution is 2.19. The lowest BCUT2D eigenvalue weighted by molar-refractivity contribution is -0.385. The summed E-state index contributed by atoms with van der Waals surface area (Å²) in [7, 11) is 0. The lowest BCUT2D eigenvalue weighted by Crippen LogP contribution is -2.45. The molecule has 1 aromatic carbocycles. The van der Waals surface area contributed by atoms with E-state index >= 15 is 0 Å². The zero-order valence-electron chi connectivity index (χ0n) is 11.9. The predicted octanol–water partition coefficient (Wildman–Crippen LogP) is 1.91. The molecular formula is C15H15N3O4. The van der Waals surface area contributed by atoms with Gasteiger partial charge in [-0.15, -0.1) is 6.42 Å². The largest absolute Gasteiger partial charge is 0.324 e. The lowest BCUT2D eigenvalue weighted by atomic mass is 10.1. The fraction of sp³-hybridized carbons (Fsp3) is 0.333. The van der Waals surface area contributed by atoms with Crippen LogP contribution in [0, 0.1) is 22.5 Å². The molecule has 0 saturated carbocycles. The molecule has 0 atom stereocenters. The molecule has 7 nitrogen and oxygen atoms in total. The van der Waals surface area contributed by atoms with Crippen molar-refractivity contribution in [3.8, 4) is 12.3 Å². The number of terminal acetylenes is 1. The van der Waals surface area contributed by atoms with Crippen LogP contribution in [0.4, 0.5) is 10.5 Å². The summed E-state index contributed by atoms with van der Waals surface area (Å²) in [5, 5.41) is 13.2. The van der Waals surface area contributed by atoms with Crippen LogP contribution >= 0.6 is 0 Å². The molecule has 1 aliphatic rings. The topological polar surface area (TPSA) is 92.6 Å². The summed E-state index contributed by atoms with van der Waals surface area (Å²) in [6.45, 7) is 1.21. The Morgan fingerprint density at radius 2 is 1.95 bits per heavy atom. The highest BCUT2D eigenvalue weighted by atomic mass is 16.6. The third-order valence-electron chi connectivity index (χ3n) is 3.48. The molecule has 1 heterocycles. The lowest BCUT2D eigenvalue weighted by Gasteiger charge is -2.26. The Kier molecular flexibility index (Phi) is 4.73. The number of benzene rings is 1. The van der Waals surface area contributed by atoms with E-state index in [-0.39, 0.29) is 16.8 Å². The molecule has 0 aliphatic carbocycles. The normalized spacial score (nSPS) is 14.0. The van der Waals surface area contributed by atoms with Crippen molar-refractivity contribution >= 4 is 17.6 Å². The van der Waals surface area contributed by atoms with Crippen LogP contribution in [0.3, 0.4) is 0 Å². The molecule has 3 amide bonds. The first-order valence-electron chi connectivity index (χ1n) is 6.88. The molecule has 0 spiro atoms. The summed E-state index contributed by atoms with van der Waals surface area (Å²) in [4.78, 5) is 35.8. The number of nitro groups is 1. The van der Waals surface area contributed by atoms with Gasteiger partial charge in [-0.2, -0.15) is 0 Å². The molecule has 1 fully saturated rings. The van der Waals surface area contributed by atoms with Crippen LogP contribution in [0.15, 0.2) is 18.2 Å². The zero-order chi connectivity index (χ0) is 16.1. The van der Waals surface area contributed by atoms with Crippen molar-refractivity contribution in [2.75, 3.05) is 13.1 Å². The van der Waals surface area contributed by atoms with E-state index in [1.165, 1.54) is 12.1 Å². The number of hydrogen-bond acceptors (Lipinski definition) is 4. The Bertz CT molecular complexity index is 657. The maximum absolute atomic E-state index is 12.0. The number of amides is 3. The van der Waals surface area contributed by atoms with Gasteiger partial charge in [0.1, 0.15) is 5.56 Å². The van der Waals surface area contributed by atoms with Crippen molar-refractivity contribution in [1.29, 1.82) is 0 Å². The van der Waals surface area contributed by atoms with Gasteiger partial charge in [-0.25, -0.2) is 4.79 Å². The molecule has 114 valence electrons. The number of piperidine rings is 1. The molecule has 0 aromatic heterocycles. The number of nitro benzene ring substituents is 1. The van der Waals surface area contributed by atoms with Crippen molar-refractivity contribution in [1.82, 2.24) is 10.2 Å². The van der Waals surface area contributed by atoms with Crippen LogP contribution in [0.25, 0.3) is 0 Å². The molecular weight excluding hydrogens is 286 g/mol. The fourth-order valence-corrected chi connectivity index (χ4v) is 2.29. The number of nitrogens with one attached hydrogen (secondary N) is 1. The van der Waals surface area contributed by atoms with Crippen molar-refractivity contribution in [3.05, 3.63) is 39.4 Å². The molecule has 1 N–H and O–H groups in total. The van der Waals surface area contributed by atoms with Crippen LogP contribution in [0.5, 0.6) is 0 Å². The molecule has 1 aromatic rings. The number of rotatable bonds is 2. The standard InChI is InChI=1S/C15H15N3O4/c1-2-11-6-7-12(10-13(11)18(21)22)14(19)16-15(20)17-8-4-3-5-9-17/h1,6-7,10H,3-5,8-9H2,(H,16,19,20). The van der Waals surface area contributed by atoms with Crippen molar-refractivity contribution in [2.24, 2.45) is 0 Å². The van der Waals surface area contributed by atoms with E-state index in [9.17, 15) is 19.7 Å². The van der Waals surface area contributed by atoms with Gasteiger partial charge in [-0.1, -0.05) is 5.92 Å². The summed E-state index contributed by atoms with van der Waals surface area (Å²) in [5.41, 5.74) is -0.222. The predicted molar refractivity (Wildman–Crippen MR) is 79.3 cm³/mol. The second-order valence-corrected chi connectivity index (χ2v) is 4.94. The number of carbonyl (C=O) groups is 2. The van der Waals surface area contributed by atoms with E-state index in [0.717, 1.165) is 25.3 Å². The van der Waals surface area contributed by atoms with Crippen LogP contribution in [0.1, 0.15) is 35.2 Å². The van der Waals surface area contributed by atoms with Gasteiger partial charge in [-0.05, 0) is 31.4 Å². The van der Waals surface area contributed by atoms with Gasteiger partial charge in [0.2, 0.25) is 0 Å². The molecule has 2 rings (SSSR count). The number of carbonyl (C=O) groups excluding carboxylic acids is 2. The second-order valence-electron chi connectivity index (χ2n) is 4.94. The first-order chi connectivity index (χ1) is 10.5. The first kappa shape index (κ1) is 15.5. The van der Waals surface area contributed by atoms with Gasteiger partial charge in [0.25, 0.3) is 11.6 Å². The van der Waals surface area contributed by atoms with E-state index in [1.54, 1.807) is 4.90 Å². The minimum Gasteiger partial charge on any atom is -0.324 e. The monoisotopic (exact) mass is 301 g/mol. The molecule has 7 heteroatoms. The van der Waals surface area contributed by atoms with E-state index in [0.29, 0.717) is 13.1 Å². The van der Waals surface area contributed by atoms with Gasteiger partial charge in [0.05, 0.1) is 4.92 Å². The third kappa shape index (κ3) is 3.41. The molecule has 0 unspecified atom stereocenters. The maximum Gasteiger partial charge on any atom is 0.324 e. The average molecular weight is 301 g/mol. The maximum atomic E-state index is 12.0. The Morgan fingerprint density at radius 3 is 2.55 bits per heavy atom. The number of hydrogen-bond donors (Lipinski definition) is 1. The van der Waals surface area contributed by atoms with Gasteiger partial charge < -0.3 is 4.90 Å². The highest BCUT2D eigenvalue weighted by molar-refractivity contribution is 6.04. The van der Waals surface area contributed by atoms with Gasteiger partial charge in [0, 0.05) is 24.7 Å². The molecule has 22 heavy (non-hydrogen) atoms. The van der Waals surface area contributed by atoms with Gasteiger partial charge in [0.15, 0.2) is 0 Å². The van der Waals surface area contributed by atoms with Crippen LogP contribution < -0.4 is 5.32 Å². The Balaban J connectivity index is 2.12. The van der Waals surface area contributed by atoms with Crippen molar-refractivity contribution in [3.63, 3.8) is 0 Å². The minimum absolute atomic E-state index is 0.0241. The molecule has 0 radical (unpaired) electrons. The quantitative estimate of drug-likeness (QED) is 0.513. The summed E-state index contributed by atoms with van der Waals surface area (Å²) < 4.78 is 0. The van der Waals surface area contributed by atoms with Crippen LogP contribution in [-0.4, -0.2) is 34.9 Å². The number of imide groups is 1. The Hall–Kier alpha value is -2.88. The summed E-state index contributed by atoms with van der Waals surface area (Å²) in [6.07, 6.45) is 8.06.